The van der Waals surface area contributed by atoms with Crippen molar-refractivity contribution in [3.63, 3.8) is 0 Å². The van der Waals surface area contributed by atoms with Gasteiger partial charge in [0.25, 0.3) is 0 Å². The van der Waals surface area contributed by atoms with Crippen LogP contribution in [-0.4, -0.2) is 18.5 Å². The maximum absolute atomic E-state index is 11.6. The highest BCUT2D eigenvalue weighted by molar-refractivity contribution is 5.88. The lowest BCUT2D eigenvalue weighted by Crippen LogP contribution is -2.07. The van der Waals surface area contributed by atoms with Gasteiger partial charge in [-0.1, -0.05) is 61.7 Å². The van der Waals surface area contributed by atoms with Gasteiger partial charge in [-0.05, 0) is 66.3 Å². The Labute approximate surface area is 200 Å². The van der Waals surface area contributed by atoms with Crippen LogP contribution in [0.3, 0.4) is 0 Å². The first-order valence-electron chi connectivity index (χ1n) is 11.0. The highest BCUT2D eigenvalue weighted by atomic mass is 16.5. The first-order valence-corrected chi connectivity index (χ1v) is 11.0. The van der Waals surface area contributed by atoms with E-state index in [1.54, 1.807) is 19.1 Å². The lowest BCUT2D eigenvalue weighted by atomic mass is 10.0. The van der Waals surface area contributed by atoms with E-state index in [1.807, 2.05) is 60.7 Å². The van der Waals surface area contributed by atoms with Crippen LogP contribution in [0.1, 0.15) is 24.5 Å². The molecule has 0 saturated carbocycles. The van der Waals surface area contributed by atoms with Crippen LogP contribution in [0.15, 0.2) is 97.6 Å². The van der Waals surface area contributed by atoms with E-state index in [1.165, 1.54) is 6.08 Å². The van der Waals surface area contributed by atoms with Crippen molar-refractivity contribution >= 4 is 11.9 Å². The summed E-state index contributed by atoms with van der Waals surface area (Å²) in [6, 6.07) is 23.4. The van der Waals surface area contributed by atoms with Gasteiger partial charge in [0.2, 0.25) is 0 Å². The average Bonchev–Trinajstić information content (AvgIpc) is 2.86. The van der Waals surface area contributed by atoms with Gasteiger partial charge in [0, 0.05) is 11.6 Å². The van der Waals surface area contributed by atoms with E-state index in [9.17, 15) is 9.59 Å². The van der Waals surface area contributed by atoms with E-state index in [-0.39, 0.29) is 0 Å². The maximum atomic E-state index is 11.6. The molecular weight excluding hydrogens is 428 g/mol. The Bertz CT molecular complexity index is 1130. The molecule has 0 atom stereocenters. The molecule has 174 valence electrons. The third kappa shape index (κ3) is 7.48. The second-order valence-corrected chi connectivity index (χ2v) is 7.80. The van der Waals surface area contributed by atoms with E-state index in [0.29, 0.717) is 24.5 Å². The number of rotatable bonds is 11. The molecule has 0 fully saturated rings. The van der Waals surface area contributed by atoms with E-state index >= 15 is 0 Å². The van der Waals surface area contributed by atoms with Gasteiger partial charge >= 0.3 is 11.9 Å². The first-order chi connectivity index (χ1) is 16.4. The van der Waals surface area contributed by atoms with Gasteiger partial charge in [-0.3, -0.25) is 0 Å². The van der Waals surface area contributed by atoms with Crippen LogP contribution in [0, 0.1) is 0 Å². The molecule has 0 amide bonds. The highest BCUT2D eigenvalue weighted by Crippen LogP contribution is 2.24. The van der Waals surface area contributed by atoms with Gasteiger partial charge in [-0.25, -0.2) is 9.59 Å². The summed E-state index contributed by atoms with van der Waals surface area (Å²) in [6.07, 6.45) is 2.75. The molecule has 0 aromatic heterocycles. The van der Waals surface area contributed by atoms with Crippen LogP contribution in [0.5, 0.6) is 11.5 Å². The summed E-state index contributed by atoms with van der Waals surface area (Å²) in [5.74, 6) is 0.462. The van der Waals surface area contributed by atoms with Crippen molar-refractivity contribution in [2.45, 2.75) is 26.4 Å². The van der Waals surface area contributed by atoms with E-state index in [0.717, 1.165) is 40.8 Å². The van der Waals surface area contributed by atoms with Gasteiger partial charge in [-0.15, -0.1) is 0 Å². The van der Waals surface area contributed by atoms with Gasteiger partial charge < -0.3 is 14.2 Å². The van der Waals surface area contributed by atoms with Gasteiger partial charge in [0.15, 0.2) is 0 Å². The number of esters is 2. The zero-order valence-corrected chi connectivity index (χ0v) is 19.3. The van der Waals surface area contributed by atoms with Crippen LogP contribution in [-0.2, 0) is 27.4 Å². The molecule has 0 heterocycles. The molecule has 0 aliphatic heterocycles. The minimum absolute atomic E-state index is 0.363. The van der Waals surface area contributed by atoms with Crippen molar-refractivity contribution in [3.05, 3.63) is 109 Å². The Morgan fingerprint density at radius 1 is 0.824 bits per heavy atom. The van der Waals surface area contributed by atoms with Crippen LogP contribution >= 0.6 is 0 Å². The van der Waals surface area contributed by atoms with E-state index in [2.05, 4.69) is 13.2 Å². The lowest BCUT2D eigenvalue weighted by Gasteiger charge is -2.09. The van der Waals surface area contributed by atoms with Gasteiger partial charge in [0.1, 0.15) is 18.1 Å². The normalized spacial score (nSPS) is 10.3. The van der Waals surface area contributed by atoms with Crippen molar-refractivity contribution in [1.29, 1.82) is 0 Å². The Hall–Kier alpha value is -4.12. The molecule has 0 bridgehead atoms. The highest BCUT2D eigenvalue weighted by Gasteiger charge is 2.06. The standard InChI is InChI=1S/C29H28O5/c1-4-28(30)32-19-5-6-22-9-15-26(16-10-22)33-20-23-7-11-24(12-8-23)25-13-17-27(18-14-25)34-29(31)21(2)3/h4,7-18H,1-2,5-6,19-20H2,3H3. The second-order valence-electron chi connectivity index (χ2n) is 7.80. The number of carbonyl (C=O) groups is 2. The SMILES string of the molecule is C=CC(=O)OCCCc1ccc(OCc2ccc(-c3ccc(OC(=O)C(=C)C)cc3)cc2)cc1. The van der Waals surface area contributed by atoms with Crippen LogP contribution in [0.2, 0.25) is 0 Å². The molecule has 0 radical (unpaired) electrons. The Morgan fingerprint density at radius 2 is 1.38 bits per heavy atom. The van der Waals surface area contributed by atoms with E-state index < -0.39 is 11.9 Å². The molecule has 3 rings (SSSR count). The molecule has 0 spiro atoms. The summed E-state index contributed by atoms with van der Waals surface area (Å²) in [6.45, 7) is 9.42. The first kappa shape index (κ1) is 24.5. The molecule has 0 aliphatic rings. The molecule has 0 saturated heterocycles. The lowest BCUT2D eigenvalue weighted by molar-refractivity contribution is -0.137. The molecule has 5 heteroatoms. The Morgan fingerprint density at radius 3 is 1.97 bits per heavy atom. The number of hydrogen-bond donors (Lipinski definition) is 0. The second kappa shape index (κ2) is 12.2. The summed E-state index contributed by atoms with van der Waals surface area (Å²) < 4.78 is 16.1. The van der Waals surface area contributed by atoms with Crippen LogP contribution < -0.4 is 9.47 Å². The molecular formula is C29H28O5. The number of aryl methyl sites for hydroxylation is 1. The minimum Gasteiger partial charge on any atom is -0.489 e. The van der Waals surface area contributed by atoms with Gasteiger partial charge in [-0.2, -0.15) is 0 Å². The predicted molar refractivity (Wildman–Crippen MR) is 133 cm³/mol. The summed E-state index contributed by atoms with van der Waals surface area (Å²) >= 11 is 0. The largest absolute Gasteiger partial charge is 0.489 e. The van der Waals surface area contributed by atoms with Crippen molar-refractivity contribution < 1.29 is 23.8 Å². The zero-order valence-electron chi connectivity index (χ0n) is 19.3. The van der Waals surface area contributed by atoms with Crippen molar-refractivity contribution in [2.24, 2.45) is 0 Å². The Kier molecular flexibility index (Phi) is 8.81. The number of hydrogen-bond acceptors (Lipinski definition) is 5. The smallest absolute Gasteiger partial charge is 0.338 e. The summed E-state index contributed by atoms with van der Waals surface area (Å²) in [4.78, 5) is 22.7. The molecule has 3 aromatic rings. The number of ether oxygens (including phenoxy) is 3. The number of carbonyl (C=O) groups excluding carboxylic acids is 2. The molecule has 5 nitrogen and oxygen atoms in total. The molecule has 34 heavy (non-hydrogen) atoms. The summed E-state index contributed by atoms with van der Waals surface area (Å²) in [5.41, 5.74) is 4.67. The monoisotopic (exact) mass is 456 g/mol. The average molecular weight is 457 g/mol. The fraction of sp³-hybridized carbons (Fsp3) is 0.172. The maximum Gasteiger partial charge on any atom is 0.338 e. The third-order valence-electron chi connectivity index (χ3n) is 5.05. The molecule has 0 unspecified atom stereocenters. The number of benzene rings is 3. The van der Waals surface area contributed by atoms with Crippen molar-refractivity contribution in [1.82, 2.24) is 0 Å². The summed E-state index contributed by atoms with van der Waals surface area (Å²) in [7, 11) is 0. The molecule has 3 aromatic carbocycles. The summed E-state index contributed by atoms with van der Waals surface area (Å²) in [5, 5.41) is 0. The fourth-order valence-electron chi connectivity index (χ4n) is 3.13. The minimum atomic E-state index is -0.432. The van der Waals surface area contributed by atoms with Crippen LogP contribution in [0.4, 0.5) is 0 Å². The third-order valence-corrected chi connectivity index (χ3v) is 5.05. The molecule has 0 aliphatic carbocycles. The van der Waals surface area contributed by atoms with E-state index in [4.69, 9.17) is 14.2 Å². The Balaban J connectivity index is 1.47. The molecule has 0 N–H and O–H groups in total. The van der Waals surface area contributed by atoms with Crippen LogP contribution in [0.25, 0.3) is 11.1 Å². The fourth-order valence-corrected chi connectivity index (χ4v) is 3.13. The quantitative estimate of drug-likeness (QED) is 0.152. The van der Waals surface area contributed by atoms with Crippen molar-refractivity contribution in [2.75, 3.05) is 6.61 Å². The van der Waals surface area contributed by atoms with Gasteiger partial charge in [0.05, 0.1) is 6.61 Å². The predicted octanol–water partition coefficient (Wildman–Crippen LogP) is 6.08. The topological polar surface area (TPSA) is 61.8 Å². The van der Waals surface area contributed by atoms with Crippen molar-refractivity contribution in [3.8, 4) is 22.6 Å². The zero-order chi connectivity index (χ0) is 24.3.